The Morgan fingerprint density at radius 1 is 1.31 bits per heavy atom. The number of hydrogen-bond donors (Lipinski definition) is 0. The third kappa shape index (κ3) is 3.26. The summed E-state index contributed by atoms with van der Waals surface area (Å²) in [5.41, 5.74) is 2.25. The standard InChI is InChI=1S/C13H20O3/c1-7-9(3)10(4)12(15-5)11(8-2)13(14)16-6/h8H,3,7H2,1-2,4-6H3/b11-8+,12-10+. The molecule has 0 aliphatic carbocycles. The lowest BCUT2D eigenvalue weighted by molar-refractivity contribution is -0.136. The van der Waals surface area contributed by atoms with Crippen LogP contribution in [0, 0.1) is 0 Å². The van der Waals surface area contributed by atoms with Crippen molar-refractivity contribution in [1.82, 2.24) is 0 Å². The van der Waals surface area contributed by atoms with Gasteiger partial charge in [-0.25, -0.2) is 4.79 Å². The van der Waals surface area contributed by atoms with Crippen molar-refractivity contribution in [2.45, 2.75) is 27.2 Å². The van der Waals surface area contributed by atoms with Crippen LogP contribution in [0.15, 0.2) is 35.1 Å². The fourth-order valence-electron chi connectivity index (χ4n) is 1.34. The van der Waals surface area contributed by atoms with Crippen molar-refractivity contribution in [2.75, 3.05) is 14.2 Å². The highest BCUT2D eigenvalue weighted by atomic mass is 16.5. The first kappa shape index (κ1) is 14.5. The number of carbonyl (C=O) groups is 1. The molecule has 0 spiro atoms. The van der Waals surface area contributed by atoms with Crippen molar-refractivity contribution in [3.05, 3.63) is 35.1 Å². The minimum absolute atomic E-state index is 0.400. The Morgan fingerprint density at radius 3 is 2.19 bits per heavy atom. The Morgan fingerprint density at radius 2 is 1.88 bits per heavy atom. The van der Waals surface area contributed by atoms with Gasteiger partial charge in [0, 0.05) is 0 Å². The summed E-state index contributed by atoms with van der Waals surface area (Å²) < 4.78 is 9.96. The molecular formula is C13H20O3. The quantitative estimate of drug-likeness (QED) is 0.312. The zero-order chi connectivity index (χ0) is 12.7. The summed E-state index contributed by atoms with van der Waals surface area (Å²) in [4.78, 5) is 11.5. The Balaban J connectivity index is 5.42. The Bertz CT molecular complexity index is 316. The van der Waals surface area contributed by atoms with Gasteiger partial charge in [0.05, 0.1) is 19.8 Å². The third-order valence-electron chi connectivity index (χ3n) is 2.44. The summed E-state index contributed by atoms with van der Waals surface area (Å²) in [6.07, 6.45) is 2.49. The van der Waals surface area contributed by atoms with Gasteiger partial charge < -0.3 is 9.47 Å². The average molecular weight is 224 g/mol. The van der Waals surface area contributed by atoms with E-state index in [4.69, 9.17) is 9.47 Å². The zero-order valence-electron chi connectivity index (χ0n) is 10.7. The van der Waals surface area contributed by atoms with Crippen LogP contribution in [0.2, 0.25) is 0 Å². The van der Waals surface area contributed by atoms with E-state index >= 15 is 0 Å². The van der Waals surface area contributed by atoms with E-state index in [9.17, 15) is 4.79 Å². The van der Waals surface area contributed by atoms with Crippen LogP contribution >= 0.6 is 0 Å². The first-order valence-corrected chi connectivity index (χ1v) is 5.21. The van der Waals surface area contributed by atoms with E-state index in [-0.39, 0.29) is 0 Å². The number of carbonyl (C=O) groups excluding carboxylic acids is 1. The summed E-state index contributed by atoms with van der Waals surface area (Å²) >= 11 is 0. The molecule has 0 aromatic carbocycles. The molecule has 0 N–H and O–H groups in total. The molecule has 0 saturated heterocycles. The van der Waals surface area contributed by atoms with Gasteiger partial charge in [-0.05, 0) is 31.4 Å². The summed E-state index contributed by atoms with van der Waals surface area (Å²) in [6, 6.07) is 0. The maximum atomic E-state index is 11.5. The molecule has 16 heavy (non-hydrogen) atoms. The van der Waals surface area contributed by atoms with Crippen LogP contribution in [0.5, 0.6) is 0 Å². The molecule has 0 aromatic rings. The first-order valence-electron chi connectivity index (χ1n) is 5.21. The fraction of sp³-hybridized carbons (Fsp3) is 0.462. The van der Waals surface area contributed by atoms with Crippen LogP contribution in [0.25, 0.3) is 0 Å². The number of allylic oxidation sites excluding steroid dienone is 3. The van der Waals surface area contributed by atoms with E-state index in [0.717, 1.165) is 17.6 Å². The van der Waals surface area contributed by atoms with Gasteiger partial charge in [-0.3, -0.25) is 0 Å². The lowest BCUT2D eigenvalue weighted by atomic mass is 10.0. The lowest BCUT2D eigenvalue weighted by Gasteiger charge is -2.13. The monoisotopic (exact) mass is 224 g/mol. The van der Waals surface area contributed by atoms with Crippen molar-refractivity contribution in [2.24, 2.45) is 0 Å². The van der Waals surface area contributed by atoms with E-state index < -0.39 is 5.97 Å². The first-order chi connectivity index (χ1) is 7.53. The molecule has 3 heteroatoms. The molecule has 0 amide bonds. The molecule has 0 aromatic heterocycles. The minimum atomic E-state index is -0.400. The van der Waals surface area contributed by atoms with Crippen LogP contribution in [0.4, 0.5) is 0 Å². The molecule has 0 unspecified atom stereocenters. The van der Waals surface area contributed by atoms with Crippen LogP contribution in [-0.4, -0.2) is 20.2 Å². The summed E-state index contributed by atoms with van der Waals surface area (Å²) in [5.74, 6) is 0.129. The number of methoxy groups -OCH3 is 2. The third-order valence-corrected chi connectivity index (χ3v) is 2.44. The molecule has 0 heterocycles. The number of rotatable bonds is 5. The predicted octanol–water partition coefficient (Wildman–Crippen LogP) is 2.99. The molecule has 0 radical (unpaired) electrons. The van der Waals surface area contributed by atoms with Gasteiger partial charge in [-0.2, -0.15) is 0 Å². The molecule has 0 bridgehead atoms. The smallest absolute Gasteiger partial charge is 0.341 e. The fourth-order valence-corrected chi connectivity index (χ4v) is 1.34. The summed E-state index contributed by atoms with van der Waals surface area (Å²) in [7, 11) is 2.89. The van der Waals surface area contributed by atoms with Crippen molar-refractivity contribution < 1.29 is 14.3 Å². The molecule has 0 atom stereocenters. The van der Waals surface area contributed by atoms with E-state index in [0.29, 0.717) is 11.3 Å². The highest BCUT2D eigenvalue weighted by Crippen LogP contribution is 2.23. The van der Waals surface area contributed by atoms with Gasteiger partial charge in [0.15, 0.2) is 0 Å². The molecule has 0 rings (SSSR count). The molecule has 3 nitrogen and oxygen atoms in total. The largest absolute Gasteiger partial charge is 0.496 e. The van der Waals surface area contributed by atoms with Gasteiger partial charge >= 0.3 is 5.97 Å². The minimum Gasteiger partial charge on any atom is -0.496 e. The van der Waals surface area contributed by atoms with Crippen molar-refractivity contribution in [3.63, 3.8) is 0 Å². The molecule has 0 aliphatic rings. The maximum absolute atomic E-state index is 11.5. The van der Waals surface area contributed by atoms with E-state index in [1.54, 1.807) is 13.0 Å². The molecular weight excluding hydrogens is 204 g/mol. The Hall–Kier alpha value is -1.51. The van der Waals surface area contributed by atoms with Crippen molar-refractivity contribution in [1.29, 1.82) is 0 Å². The van der Waals surface area contributed by atoms with Crippen molar-refractivity contribution >= 4 is 5.97 Å². The second-order valence-electron chi connectivity index (χ2n) is 3.31. The molecule has 0 aliphatic heterocycles. The highest BCUT2D eigenvalue weighted by molar-refractivity contribution is 5.93. The number of hydrogen-bond acceptors (Lipinski definition) is 3. The Kier molecular flexibility index (Phi) is 6.23. The molecule has 0 saturated carbocycles. The number of esters is 1. The molecule has 90 valence electrons. The van der Waals surface area contributed by atoms with Crippen LogP contribution < -0.4 is 0 Å². The second-order valence-corrected chi connectivity index (χ2v) is 3.31. The Labute approximate surface area is 97.4 Å². The predicted molar refractivity (Wildman–Crippen MR) is 64.9 cm³/mol. The van der Waals surface area contributed by atoms with Gasteiger partial charge in [-0.1, -0.05) is 19.6 Å². The van der Waals surface area contributed by atoms with Gasteiger partial charge in [0.1, 0.15) is 5.76 Å². The highest BCUT2D eigenvalue weighted by Gasteiger charge is 2.18. The van der Waals surface area contributed by atoms with Crippen LogP contribution in [0.1, 0.15) is 27.2 Å². The summed E-state index contributed by atoms with van der Waals surface area (Å²) in [6.45, 7) is 9.59. The van der Waals surface area contributed by atoms with E-state index in [1.165, 1.54) is 14.2 Å². The number of ether oxygens (including phenoxy) is 2. The zero-order valence-corrected chi connectivity index (χ0v) is 10.7. The van der Waals surface area contributed by atoms with E-state index in [2.05, 4.69) is 6.58 Å². The van der Waals surface area contributed by atoms with E-state index in [1.807, 2.05) is 13.8 Å². The lowest BCUT2D eigenvalue weighted by Crippen LogP contribution is -2.10. The maximum Gasteiger partial charge on any atom is 0.341 e. The van der Waals surface area contributed by atoms with Gasteiger partial charge in [-0.15, -0.1) is 0 Å². The van der Waals surface area contributed by atoms with Gasteiger partial charge in [0.25, 0.3) is 0 Å². The van der Waals surface area contributed by atoms with Crippen molar-refractivity contribution in [3.8, 4) is 0 Å². The normalized spacial score (nSPS) is 12.9. The molecule has 0 fully saturated rings. The van der Waals surface area contributed by atoms with Crippen LogP contribution in [0.3, 0.4) is 0 Å². The van der Waals surface area contributed by atoms with Crippen LogP contribution in [-0.2, 0) is 14.3 Å². The summed E-state index contributed by atoms with van der Waals surface area (Å²) in [5, 5.41) is 0. The average Bonchev–Trinajstić information content (AvgIpc) is 2.32. The topological polar surface area (TPSA) is 35.5 Å². The SMILES string of the molecule is C=C(CC)/C(C)=C(OC)\C(=C/C)C(=O)OC. The van der Waals surface area contributed by atoms with Gasteiger partial charge in [0.2, 0.25) is 0 Å². The second kappa shape index (κ2) is 6.88.